The van der Waals surface area contributed by atoms with Crippen molar-refractivity contribution in [1.29, 1.82) is 0 Å². The Morgan fingerprint density at radius 3 is 2.07 bits per heavy atom. The summed E-state index contributed by atoms with van der Waals surface area (Å²) in [4.78, 5) is 5.14. The van der Waals surface area contributed by atoms with Crippen molar-refractivity contribution in [3.05, 3.63) is 83.4 Å². The predicted octanol–water partition coefficient (Wildman–Crippen LogP) is 6.17. The van der Waals surface area contributed by atoms with Crippen molar-refractivity contribution in [2.24, 2.45) is 0 Å². The minimum Gasteiger partial charge on any atom is -0.340 e. The average molecular weight is 395 g/mol. The molecule has 1 N–H and O–H groups in total. The molecule has 0 atom stereocenters. The lowest BCUT2D eigenvalue weighted by Crippen LogP contribution is -2.26. The summed E-state index contributed by atoms with van der Waals surface area (Å²) in [5.41, 5.74) is 3.97. The lowest BCUT2D eigenvalue weighted by atomic mass is 10.1. The number of benzene rings is 3. The van der Waals surface area contributed by atoms with Crippen LogP contribution < -0.4 is 10.2 Å². The third-order valence-corrected chi connectivity index (χ3v) is 6.15. The standard InChI is InChI=1S/C23H23ClN2S/c24-19-12-10-18(11-13-19)14-16-25-15-5-17-26-20-6-1-3-8-22(20)27-23-9-4-2-7-21(23)26/h1-4,6-13,25H,5,14-17H2. The molecule has 138 valence electrons. The first-order chi connectivity index (χ1) is 13.3. The van der Waals surface area contributed by atoms with Crippen LogP contribution in [0.4, 0.5) is 11.4 Å². The van der Waals surface area contributed by atoms with Crippen LogP contribution in [0.5, 0.6) is 0 Å². The van der Waals surface area contributed by atoms with Gasteiger partial charge in [0.05, 0.1) is 11.4 Å². The Morgan fingerprint density at radius 2 is 1.41 bits per heavy atom. The molecule has 2 nitrogen and oxygen atoms in total. The average Bonchev–Trinajstić information content (AvgIpc) is 2.71. The first-order valence-corrected chi connectivity index (χ1v) is 10.6. The lowest BCUT2D eigenvalue weighted by Gasteiger charge is -2.32. The number of hydrogen-bond acceptors (Lipinski definition) is 3. The molecule has 3 aromatic rings. The molecule has 1 heterocycles. The Bertz CT molecular complexity index is 849. The van der Waals surface area contributed by atoms with Crippen LogP contribution in [0, 0.1) is 0 Å². The van der Waals surface area contributed by atoms with Gasteiger partial charge in [0.25, 0.3) is 0 Å². The van der Waals surface area contributed by atoms with Gasteiger partial charge in [0.1, 0.15) is 0 Å². The van der Waals surface area contributed by atoms with E-state index in [4.69, 9.17) is 11.6 Å². The van der Waals surface area contributed by atoms with Gasteiger partial charge in [-0.25, -0.2) is 0 Å². The van der Waals surface area contributed by atoms with Crippen LogP contribution in [-0.4, -0.2) is 19.6 Å². The number of nitrogens with zero attached hydrogens (tertiary/aromatic N) is 1. The maximum Gasteiger partial charge on any atom is 0.0552 e. The van der Waals surface area contributed by atoms with E-state index in [2.05, 4.69) is 70.9 Å². The van der Waals surface area contributed by atoms with Crippen LogP contribution in [0.3, 0.4) is 0 Å². The summed E-state index contributed by atoms with van der Waals surface area (Å²) in [6.45, 7) is 3.02. The molecule has 0 saturated heterocycles. The van der Waals surface area contributed by atoms with Crippen molar-refractivity contribution in [1.82, 2.24) is 5.32 Å². The Hall–Kier alpha value is -1.94. The van der Waals surface area contributed by atoms with E-state index in [9.17, 15) is 0 Å². The number of para-hydroxylation sites is 2. The lowest BCUT2D eigenvalue weighted by molar-refractivity contribution is 0.647. The van der Waals surface area contributed by atoms with Gasteiger partial charge < -0.3 is 10.2 Å². The van der Waals surface area contributed by atoms with E-state index in [0.29, 0.717) is 0 Å². The molecule has 0 radical (unpaired) electrons. The molecular weight excluding hydrogens is 372 g/mol. The molecule has 0 aromatic heterocycles. The summed E-state index contributed by atoms with van der Waals surface area (Å²) in [6, 6.07) is 25.5. The molecule has 0 aliphatic carbocycles. The van der Waals surface area contributed by atoms with Crippen molar-refractivity contribution >= 4 is 34.7 Å². The summed E-state index contributed by atoms with van der Waals surface area (Å²) < 4.78 is 0. The van der Waals surface area contributed by atoms with Crippen LogP contribution in [0.15, 0.2) is 82.6 Å². The van der Waals surface area contributed by atoms with Crippen LogP contribution in [-0.2, 0) is 6.42 Å². The van der Waals surface area contributed by atoms with E-state index < -0.39 is 0 Å². The number of anilines is 2. The van der Waals surface area contributed by atoms with Gasteiger partial charge in [-0.15, -0.1) is 0 Å². The highest BCUT2D eigenvalue weighted by Crippen LogP contribution is 2.47. The quantitative estimate of drug-likeness (QED) is 0.482. The highest BCUT2D eigenvalue weighted by Gasteiger charge is 2.21. The number of rotatable bonds is 7. The monoisotopic (exact) mass is 394 g/mol. The second-order valence-corrected chi connectivity index (χ2v) is 8.19. The molecule has 0 saturated carbocycles. The molecule has 27 heavy (non-hydrogen) atoms. The van der Waals surface area contributed by atoms with E-state index in [1.165, 1.54) is 26.7 Å². The molecular formula is C23H23ClN2S. The van der Waals surface area contributed by atoms with E-state index >= 15 is 0 Å². The first-order valence-electron chi connectivity index (χ1n) is 9.40. The van der Waals surface area contributed by atoms with Gasteiger partial charge >= 0.3 is 0 Å². The second kappa shape index (κ2) is 8.83. The number of fused-ring (bicyclic) bond motifs is 2. The SMILES string of the molecule is Clc1ccc(CCNCCCN2c3ccccc3Sc3ccccc32)cc1. The molecule has 4 rings (SSSR count). The maximum absolute atomic E-state index is 5.94. The summed E-state index contributed by atoms with van der Waals surface area (Å²) in [5.74, 6) is 0. The smallest absolute Gasteiger partial charge is 0.0552 e. The van der Waals surface area contributed by atoms with Crippen LogP contribution in [0.25, 0.3) is 0 Å². The maximum atomic E-state index is 5.94. The van der Waals surface area contributed by atoms with Gasteiger partial charge in [0.15, 0.2) is 0 Å². The topological polar surface area (TPSA) is 15.3 Å². The Kier molecular flexibility index (Phi) is 6.03. The summed E-state index contributed by atoms with van der Waals surface area (Å²) in [6.07, 6.45) is 2.14. The number of halogens is 1. The zero-order chi connectivity index (χ0) is 18.5. The summed E-state index contributed by atoms with van der Waals surface area (Å²) in [5, 5.41) is 4.37. The van der Waals surface area contributed by atoms with Gasteiger partial charge in [-0.1, -0.05) is 59.8 Å². The highest BCUT2D eigenvalue weighted by atomic mass is 35.5. The largest absolute Gasteiger partial charge is 0.340 e. The van der Waals surface area contributed by atoms with Crippen LogP contribution >= 0.6 is 23.4 Å². The molecule has 1 aliphatic heterocycles. The Balaban J connectivity index is 1.31. The second-order valence-electron chi connectivity index (χ2n) is 6.67. The van der Waals surface area contributed by atoms with Crippen molar-refractivity contribution in [3.8, 4) is 0 Å². The third-order valence-electron chi connectivity index (χ3n) is 4.77. The molecule has 0 bridgehead atoms. The van der Waals surface area contributed by atoms with Crippen LogP contribution in [0.2, 0.25) is 5.02 Å². The summed E-state index contributed by atoms with van der Waals surface area (Å²) >= 11 is 7.80. The van der Waals surface area contributed by atoms with E-state index in [1.54, 1.807) is 0 Å². The van der Waals surface area contributed by atoms with E-state index in [1.807, 2.05) is 23.9 Å². The van der Waals surface area contributed by atoms with E-state index in [-0.39, 0.29) is 0 Å². The van der Waals surface area contributed by atoms with E-state index in [0.717, 1.165) is 37.5 Å². The molecule has 0 amide bonds. The fraction of sp³-hybridized carbons (Fsp3) is 0.217. The zero-order valence-corrected chi connectivity index (χ0v) is 16.8. The minimum atomic E-state index is 0.798. The first kappa shape index (κ1) is 18.4. The number of nitrogens with one attached hydrogen (secondary N) is 1. The van der Waals surface area contributed by atoms with Crippen molar-refractivity contribution < 1.29 is 0 Å². The van der Waals surface area contributed by atoms with Gasteiger partial charge in [0, 0.05) is 21.4 Å². The van der Waals surface area contributed by atoms with Gasteiger partial charge in [-0.3, -0.25) is 0 Å². The normalized spacial score (nSPS) is 12.6. The van der Waals surface area contributed by atoms with Crippen molar-refractivity contribution in [2.45, 2.75) is 22.6 Å². The Morgan fingerprint density at radius 1 is 0.778 bits per heavy atom. The van der Waals surface area contributed by atoms with Crippen molar-refractivity contribution in [3.63, 3.8) is 0 Å². The predicted molar refractivity (Wildman–Crippen MR) is 117 cm³/mol. The van der Waals surface area contributed by atoms with Crippen LogP contribution in [0.1, 0.15) is 12.0 Å². The molecule has 4 heteroatoms. The molecule has 0 spiro atoms. The van der Waals surface area contributed by atoms with Crippen molar-refractivity contribution in [2.75, 3.05) is 24.5 Å². The fourth-order valence-corrected chi connectivity index (χ4v) is 4.61. The summed E-state index contributed by atoms with van der Waals surface area (Å²) in [7, 11) is 0. The molecule has 0 fully saturated rings. The van der Waals surface area contributed by atoms with Gasteiger partial charge in [-0.05, 0) is 67.9 Å². The fourth-order valence-electron chi connectivity index (χ4n) is 3.39. The zero-order valence-electron chi connectivity index (χ0n) is 15.2. The molecule has 0 unspecified atom stereocenters. The highest BCUT2D eigenvalue weighted by molar-refractivity contribution is 7.99. The molecule has 1 aliphatic rings. The molecule has 3 aromatic carbocycles. The number of hydrogen-bond donors (Lipinski definition) is 1. The third kappa shape index (κ3) is 4.49. The minimum absolute atomic E-state index is 0.798. The van der Waals surface area contributed by atoms with Gasteiger partial charge in [0.2, 0.25) is 0 Å². The van der Waals surface area contributed by atoms with Gasteiger partial charge in [-0.2, -0.15) is 0 Å². The Labute approximate surface area is 170 Å².